The van der Waals surface area contributed by atoms with Crippen molar-refractivity contribution >= 4 is 11.8 Å². The van der Waals surface area contributed by atoms with Crippen LogP contribution in [0.15, 0.2) is 36.5 Å². The molecule has 0 radical (unpaired) electrons. The van der Waals surface area contributed by atoms with Gasteiger partial charge in [-0.25, -0.2) is 9.78 Å². The van der Waals surface area contributed by atoms with E-state index in [0.717, 1.165) is 22.9 Å². The molecule has 128 valence electrons. The Morgan fingerprint density at radius 3 is 2.54 bits per heavy atom. The molecule has 1 heterocycles. The van der Waals surface area contributed by atoms with Gasteiger partial charge in [0.25, 0.3) is 0 Å². The average Bonchev–Trinajstić information content (AvgIpc) is 2.62. The minimum absolute atomic E-state index is 0.345. The molecule has 0 unspecified atom stereocenters. The molecule has 0 atom stereocenters. The van der Waals surface area contributed by atoms with Crippen molar-refractivity contribution in [3.05, 3.63) is 47.7 Å². The quantitative estimate of drug-likeness (QED) is 0.728. The molecule has 0 saturated carbocycles. The molecular formula is C18H22N2O4. The Kier molecular flexibility index (Phi) is 6.01. The van der Waals surface area contributed by atoms with Crippen LogP contribution in [-0.2, 0) is 11.3 Å². The minimum Gasteiger partial charge on any atom is -0.497 e. The van der Waals surface area contributed by atoms with E-state index in [2.05, 4.69) is 4.98 Å². The first-order valence-corrected chi connectivity index (χ1v) is 7.64. The highest BCUT2D eigenvalue weighted by Gasteiger charge is 2.11. The van der Waals surface area contributed by atoms with E-state index in [0.29, 0.717) is 18.7 Å². The fourth-order valence-corrected chi connectivity index (χ4v) is 2.27. The van der Waals surface area contributed by atoms with Crippen LogP contribution >= 0.6 is 0 Å². The van der Waals surface area contributed by atoms with Crippen LogP contribution in [0.4, 0.5) is 5.82 Å². The van der Waals surface area contributed by atoms with Gasteiger partial charge >= 0.3 is 5.97 Å². The molecular weight excluding hydrogens is 308 g/mol. The normalized spacial score (nSPS) is 10.2. The lowest BCUT2D eigenvalue weighted by Crippen LogP contribution is -2.18. The summed E-state index contributed by atoms with van der Waals surface area (Å²) >= 11 is 0. The fraction of sp³-hybridized carbons (Fsp3) is 0.333. The van der Waals surface area contributed by atoms with Crippen molar-refractivity contribution in [2.24, 2.45) is 0 Å². The van der Waals surface area contributed by atoms with Gasteiger partial charge in [-0.1, -0.05) is 0 Å². The van der Waals surface area contributed by atoms with Crippen LogP contribution in [0.3, 0.4) is 0 Å². The number of carbonyl (C=O) groups is 1. The van der Waals surface area contributed by atoms with E-state index in [9.17, 15) is 4.79 Å². The molecule has 1 aromatic carbocycles. The van der Waals surface area contributed by atoms with Crippen molar-refractivity contribution in [1.29, 1.82) is 0 Å². The van der Waals surface area contributed by atoms with Crippen molar-refractivity contribution in [2.45, 2.75) is 13.5 Å². The van der Waals surface area contributed by atoms with Crippen molar-refractivity contribution < 1.29 is 19.0 Å². The number of nitrogens with zero attached hydrogens (tertiary/aromatic N) is 2. The zero-order chi connectivity index (χ0) is 17.5. The summed E-state index contributed by atoms with van der Waals surface area (Å²) in [5, 5.41) is 0. The number of methoxy groups -OCH3 is 2. The van der Waals surface area contributed by atoms with E-state index in [4.69, 9.17) is 14.2 Å². The monoisotopic (exact) mass is 330 g/mol. The highest BCUT2D eigenvalue weighted by atomic mass is 16.5. The molecule has 2 rings (SSSR count). The number of carbonyl (C=O) groups excluding carboxylic acids is 1. The van der Waals surface area contributed by atoms with Gasteiger partial charge in [-0.3, -0.25) is 0 Å². The van der Waals surface area contributed by atoms with E-state index < -0.39 is 0 Å². The lowest BCUT2D eigenvalue weighted by Gasteiger charge is -2.20. The number of benzene rings is 1. The maximum Gasteiger partial charge on any atom is 0.339 e. The molecule has 0 saturated heterocycles. The standard InChI is InChI=1S/C18H22N2O4/c1-5-24-18(21)13-7-9-17(19-11-13)20(2)12-14-6-8-15(22-3)10-16(14)23-4/h6-11H,5,12H2,1-4H3. The molecule has 0 aliphatic heterocycles. The summed E-state index contributed by atoms with van der Waals surface area (Å²) in [5.41, 5.74) is 1.45. The number of rotatable bonds is 7. The van der Waals surface area contributed by atoms with E-state index in [-0.39, 0.29) is 5.97 Å². The van der Waals surface area contributed by atoms with E-state index in [1.807, 2.05) is 30.1 Å². The second kappa shape index (κ2) is 8.19. The Morgan fingerprint density at radius 1 is 1.17 bits per heavy atom. The van der Waals surface area contributed by atoms with Crippen LogP contribution in [0.5, 0.6) is 11.5 Å². The third kappa shape index (κ3) is 4.16. The van der Waals surface area contributed by atoms with Gasteiger partial charge in [0, 0.05) is 31.4 Å². The fourth-order valence-electron chi connectivity index (χ4n) is 2.27. The molecule has 1 aromatic heterocycles. The molecule has 0 N–H and O–H groups in total. The number of aromatic nitrogens is 1. The van der Waals surface area contributed by atoms with Gasteiger partial charge < -0.3 is 19.1 Å². The molecule has 24 heavy (non-hydrogen) atoms. The number of esters is 1. The molecule has 0 fully saturated rings. The van der Waals surface area contributed by atoms with Gasteiger partial charge in [-0.15, -0.1) is 0 Å². The topological polar surface area (TPSA) is 60.9 Å². The second-order valence-electron chi connectivity index (χ2n) is 5.16. The maximum absolute atomic E-state index is 11.7. The Morgan fingerprint density at radius 2 is 1.96 bits per heavy atom. The highest BCUT2D eigenvalue weighted by Crippen LogP contribution is 2.26. The third-order valence-corrected chi connectivity index (χ3v) is 3.55. The first-order valence-electron chi connectivity index (χ1n) is 7.64. The molecule has 0 spiro atoms. The number of hydrogen-bond acceptors (Lipinski definition) is 6. The first-order chi connectivity index (χ1) is 11.6. The molecule has 6 nitrogen and oxygen atoms in total. The summed E-state index contributed by atoms with van der Waals surface area (Å²) in [7, 11) is 5.18. The van der Waals surface area contributed by atoms with E-state index >= 15 is 0 Å². The summed E-state index contributed by atoms with van der Waals surface area (Å²) in [5.74, 6) is 1.89. The largest absolute Gasteiger partial charge is 0.497 e. The highest BCUT2D eigenvalue weighted by molar-refractivity contribution is 5.89. The smallest absolute Gasteiger partial charge is 0.339 e. The number of pyridine rings is 1. The van der Waals surface area contributed by atoms with Crippen molar-refractivity contribution in [3.63, 3.8) is 0 Å². The Hall–Kier alpha value is -2.76. The van der Waals surface area contributed by atoms with Crippen molar-refractivity contribution in [1.82, 2.24) is 4.98 Å². The van der Waals surface area contributed by atoms with Crippen LogP contribution in [0.1, 0.15) is 22.8 Å². The molecule has 0 aliphatic rings. The summed E-state index contributed by atoms with van der Waals surface area (Å²) < 4.78 is 15.6. The predicted octanol–water partition coefficient (Wildman–Crippen LogP) is 2.91. The lowest BCUT2D eigenvalue weighted by molar-refractivity contribution is 0.0526. The zero-order valence-electron chi connectivity index (χ0n) is 14.4. The van der Waals surface area contributed by atoms with Gasteiger partial charge in [-0.05, 0) is 31.2 Å². The Balaban J connectivity index is 2.12. The van der Waals surface area contributed by atoms with Crippen molar-refractivity contribution in [3.8, 4) is 11.5 Å². The molecule has 0 aliphatic carbocycles. The van der Waals surface area contributed by atoms with E-state index in [1.165, 1.54) is 6.20 Å². The summed E-state index contributed by atoms with van der Waals surface area (Å²) in [6.07, 6.45) is 1.52. The molecule has 0 bridgehead atoms. The SMILES string of the molecule is CCOC(=O)c1ccc(N(C)Cc2ccc(OC)cc2OC)nc1. The van der Waals surface area contributed by atoms with Crippen LogP contribution < -0.4 is 14.4 Å². The number of hydrogen-bond donors (Lipinski definition) is 0. The Labute approximate surface area is 142 Å². The first kappa shape index (κ1) is 17.6. The Bertz CT molecular complexity index is 686. The maximum atomic E-state index is 11.7. The van der Waals surface area contributed by atoms with Gasteiger partial charge in [0.15, 0.2) is 0 Å². The predicted molar refractivity (Wildman–Crippen MR) is 91.8 cm³/mol. The van der Waals surface area contributed by atoms with Crippen LogP contribution in [0.2, 0.25) is 0 Å². The summed E-state index contributed by atoms with van der Waals surface area (Å²) in [6.45, 7) is 2.73. The molecule has 6 heteroatoms. The van der Waals surface area contributed by atoms with Gasteiger partial charge in [0.05, 0.1) is 26.4 Å². The second-order valence-corrected chi connectivity index (χ2v) is 5.16. The van der Waals surface area contributed by atoms with Gasteiger partial charge in [0.2, 0.25) is 0 Å². The van der Waals surface area contributed by atoms with Crippen LogP contribution in [-0.4, -0.2) is 38.8 Å². The van der Waals surface area contributed by atoms with Crippen molar-refractivity contribution in [2.75, 3.05) is 32.8 Å². The van der Waals surface area contributed by atoms with Crippen LogP contribution in [0.25, 0.3) is 0 Å². The minimum atomic E-state index is -0.365. The summed E-state index contributed by atoms with van der Waals surface area (Å²) in [6, 6.07) is 9.20. The van der Waals surface area contributed by atoms with Gasteiger partial charge in [-0.2, -0.15) is 0 Å². The molecule has 0 amide bonds. The van der Waals surface area contributed by atoms with Gasteiger partial charge in [0.1, 0.15) is 17.3 Å². The summed E-state index contributed by atoms with van der Waals surface area (Å²) in [4.78, 5) is 18.0. The number of ether oxygens (including phenoxy) is 3. The zero-order valence-corrected chi connectivity index (χ0v) is 14.4. The average molecular weight is 330 g/mol. The number of anilines is 1. The third-order valence-electron chi connectivity index (χ3n) is 3.55. The molecule has 2 aromatic rings. The van der Waals surface area contributed by atoms with Crippen LogP contribution in [0, 0.1) is 0 Å². The lowest BCUT2D eigenvalue weighted by atomic mass is 10.1. The van der Waals surface area contributed by atoms with E-state index in [1.54, 1.807) is 33.3 Å².